The number of carbonyl (C=O) groups excluding carboxylic acids is 2. The van der Waals surface area contributed by atoms with E-state index in [1.54, 1.807) is 0 Å². The van der Waals surface area contributed by atoms with E-state index in [9.17, 15) is 9.59 Å². The van der Waals surface area contributed by atoms with E-state index in [0.717, 1.165) is 76.2 Å². The van der Waals surface area contributed by atoms with Gasteiger partial charge < -0.3 is 19.9 Å². The lowest BCUT2D eigenvalue weighted by molar-refractivity contribution is -0.129. The van der Waals surface area contributed by atoms with E-state index in [1.165, 1.54) is 11.8 Å². The molecule has 10 heteroatoms. The number of carbonyl (C=O) groups is 2. The molecule has 1 aromatic heterocycles. The lowest BCUT2D eigenvalue weighted by atomic mass is 9.91. The number of rotatable bonds is 10. The van der Waals surface area contributed by atoms with Crippen LogP contribution in [0.15, 0.2) is 82.3 Å². The summed E-state index contributed by atoms with van der Waals surface area (Å²) in [7, 11) is 0. The molecule has 0 unspecified atom stereocenters. The standard InChI is InChI=1S/C34H36BrClN4O3S/c1-23-3-10-27(11-4-23)44-34(33(42)37-13-2-14-39-15-17-43-18-16-39)20-31(41)40(22-24-5-7-25(35)8-6-24)32(34)29-21-38-30-19-26(36)9-12-28(29)30/h3-12,19,21,32,38H,2,13-18,20,22H2,1H3,(H,37,42)/t32-,34+/m0/s1. The van der Waals surface area contributed by atoms with Crippen molar-refractivity contribution >= 4 is 62.0 Å². The van der Waals surface area contributed by atoms with Crippen LogP contribution in [-0.2, 0) is 20.9 Å². The molecule has 0 radical (unpaired) electrons. The number of hydrogen-bond acceptors (Lipinski definition) is 5. The first-order chi connectivity index (χ1) is 21.3. The van der Waals surface area contributed by atoms with Gasteiger partial charge in [0.2, 0.25) is 11.8 Å². The topological polar surface area (TPSA) is 77.7 Å². The average Bonchev–Trinajstić information content (AvgIpc) is 3.55. The Morgan fingerprint density at radius 1 is 1.11 bits per heavy atom. The van der Waals surface area contributed by atoms with Crippen LogP contribution in [0.5, 0.6) is 0 Å². The SMILES string of the molecule is Cc1ccc(S[C@]2(C(=O)NCCCN3CCOCC3)CC(=O)N(Cc3ccc(Br)cc3)[C@H]2c2c[nH]c3cc(Cl)ccc23)cc1. The first-order valence-electron chi connectivity index (χ1n) is 15.0. The highest BCUT2D eigenvalue weighted by Crippen LogP contribution is 2.54. The Balaban J connectivity index is 1.39. The maximum absolute atomic E-state index is 14.6. The Morgan fingerprint density at radius 2 is 1.86 bits per heavy atom. The Kier molecular flexibility index (Phi) is 9.68. The summed E-state index contributed by atoms with van der Waals surface area (Å²) < 4.78 is 5.35. The number of aromatic nitrogens is 1. The summed E-state index contributed by atoms with van der Waals surface area (Å²) in [5.74, 6) is -0.172. The van der Waals surface area contributed by atoms with Crippen LogP contribution in [0.3, 0.4) is 0 Å². The average molecular weight is 696 g/mol. The number of H-pyrrole nitrogens is 1. The van der Waals surface area contributed by atoms with Crippen LogP contribution >= 0.6 is 39.3 Å². The molecule has 2 aliphatic rings. The van der Waals surface area contributed by atoms with Crippen molar-refractivity contribution in [2.24, 2.45) is 0 Å². The Morgan fingerprint density at radius 3 is 2.61 bits per heavy atom. The quantitative estimate of drug-likeness (QED) is 0.180. The van der Waals surface area contributed by atoms with Gasteiger partial charge >= 0.3 is 0 Å². The van der Waals surface area contributed by atoms with Crippen molar-refractivity contribution in [2.45, 2.75) is 42.0 Å². The smallest absolute Gasteiger partial charge is 0.239 e. The molecule has 2 fully saturated rings. The van der Waals surface area contributed by atoms with Gasteiger partial charge in [-0.3, -0.25) is 14.5 Å². The third-order valence-corrected chi connectivity index (χ3v) is 10.7. The van der Waals surface area contributed by atoms with Gasteiger partial charge in [0.1, 0.15) is 4.75 Å². The van der Waals surface area contributed by atoms with Crippen LogP contribution in [-0.4, -0.2) is 70.7 Å². The van der Waals surface area contributed by atoms with Crippen molar-refractivity contribution < 1.29 is 14.3 Å². The van der Waals surface area contributed by atoms with E-state index < -0.39 is 10.8 Å². The Hall–Kier alpha value is -2.82. The maximum atomic E-state index is 14.6. The molecule has 2 N–H and O–H groups in total. The molecule has 2 aliphatic heterocycles. The number of hydrogen-bond donors (Lipinski definition) is 2. The number of morpholine rings is 1. The number of fused-ring (bicyclic) bond motifs is 1. The fourth-order valence-corrected chi connectivity index (χ4v) is 8.04. The van der Waals surface area contributed by atoms with E-state index in [4.69, 9.17) is 16.3 Å². The molecule has 44 heavy (non-hydrogen) atoms. The molecule has 7 nitrogen and oxygen atoms in total. The van der Waals surface area contributed by atoms with Crippen LogP contribution in [0.25, 0.3) is 10.9 Å². The van der Waals surface area contributed by atoms with Gasteiger partial charge in [-0.1, -0.05) is 63.4 Å². The van der Waals surface area contributed by atoms with E-state index in [0.29, 0.717) is 18.1 Å². The number of ether oxygens (including phenoxy) is 1. The molecule has 3 heterocycles. The predicted octanol–water partition coefficient (Wildman–Crippen LogP) is 6.74. The molecule has 0 aliphatic carbocycles. The van der Waals surface area contributed by atoms with Crippen molar-refractivity contribution in [3.05, 3.63) is 99.1 Å². The highest BCUT2D eigenvalue weighted by Gasteiger charge is 2.58. The molecular weight excluding hydrogens is 660 g/mol. The second-order valence-electron chi connectivity index (χ2n) is 11.5. The van der Waals surface area contributed by atoms with Gasteiger partial charge in [-0.15, -0.1) is 11.8 Å². The summed E-state index contributed by atoms with van der Waals surface area (Å²) in [5.41, 5.74) is 3.91. The molecule has 230 valence electrons. The lowest BCUT2D eigenvalue weighted by Crippen LogP contribution is -2.48. The lowest BCUT2D eigenvalue weighted by Gasteiger charge is -2.36. The molecule has 2 saturated heterocycles. The van der Waals surface area contributed by atoms with Gasteiger partial charge in [-0.25, -0.2) is 0 Å². The molecule has 2 amide bonds. The Labute approximate surface area is 275 Å². The van der Waals surface area contributed by atoms with Gasteiger partial charge in [0.25, 0.3) is 0 Å². The van der Waals surface area contributed by atoms with E-state index in [-0.39, 0.29) is 18.2 Å². The summed E-state index contributed by atoms with van der Waals surface area (Å²) in [6.45, 7) is 7.17. The van der Waals surface area contributed by atoms with Crippen LogP contribution in [0.1, 0.15) is 35.6 Å². The van der Waals surface area contributed by atoms with Crippen molar-refractivity contribution in [2.75, 3.05) is 39.4 Å². The van der Waals surface area contributed by atoms with Crippen LogP contribution in [0, 0.1) is 6.92 Å². The monoisotopic (exact) mass is 694 g/mol. The van der Waals surface area contributed by atoms with Gasteiger partial charge in [0, 0.05) is 63.2 Å². The van der Waals surface area contributed by atoms with Crippen molar-refractivity contribution in [3.63, 3.8) is 0 Å². The molecule has 6 rings (SSSR count). The molecule has 0 bridgehead atoms. The van der Waals surface area contributed by atoms with E-state index >= 15 is 0 Å². The summed E-state index contributed by atoms with van der Waals surface area (Å²) >= 11 is 11.4. The summed E-state index contributed by atoms with van der Waals surface area (Å²) in [4.78, 5) is 37.3. The largest absolute Gasteiger partial charge is 0.379 e. The van der Waals surface area contributed by atoms with Crippen molar-refractivity contribution in [3.8, 4) is 0 Å². The third kappa shape index (κ3) is 6.72. The zero-order chi connectivity index (χ0) is 30.7. The predicted molar refractivity (Wildman–Crippen MR) is 180 cm³/mol. The van der Waals surface area contributed by atoms with Gasteiger partial charge in [0.05, 0.1) is 25.7 Å². The summed E-state index contributed by atoms with van der Waals surface area (Å²) in [5, 5.41) is 4.84. The molecule has 2 atom stereocenters. The second kappa shape index (κ2) is 13.7. The van der Waals surface area contributed by atoms with Gasteiger partial charge in [0.15, 0.2) is 0 Å². The fraction of sp³-hybridized carbons (Fsp3) is 0.353. The zero-order valence-corrected chi connectivity index (χ0v) is 27.8. The van der Waals surface area contributed by atoms with Crippen molar-refractivity contribution in [1.29, 1.82) is 0 Å². The summed E-state index contributed by atoms with van der Waals surface area (Å²) in [6.07, 6.45) is 2.85. The highest BCUT2D eigenvalue weighted by atomic mass is 79.9. The minimum absolute atomic E-state index is 0.0516. The number of aryl methyl sites for hydroxylation is 1. The number of thioether (sulfide) groups is 1. The number of halogens is 2. The first kappa shape index (κ1) is 31.2. The number of likely N-dealkylation sites (tertiary alicyclic amines) is 1. The number of nitrogens with zero attached hydrogens (tertiary/aromatic N) is 2. The summed E-state index contributed by atoms with van der Waals surface area (Å²) in [6, 6.07) is 21.4. The molecular formula is C34H36BrClN4O3S. The van der Waals surface area contributed by atoms with Gasteiger partial charge in [-0.05, 0) is 61.9 Å². The normalized spacial score (nSPS) is 20.8. The molecule has 0 spiro atoms. The van der Waals surface area contributed by atoms with Crippen LogP contribution in [0.2, 0.25) is 5.02 Å². The first-order valence-corrected chi connectivity index (χ1v) is 17.0. The van der Waals surface area contributed by atoms with E-state index in [1.807, 2.05) is 72.6 Å². The number of amides is 2. The Bertz CT molecular complexity index is 1620. The molecule has 4 aromatic rings. The van der Waals surface area contributed by atoms with E-state index in [2.05, 4.69) is 43.3 Å². The third-order valence-electron chi connectivity index (χ3n) is 8.47. The van der Waals surface area contributed by atoms with Gasteiger partial charge in [-0.2, -0.15) is 0 Å². The highest BCUT2D eigenvalue weighted by molar-refractivity contribution is 9.10. The molecule has 3 aromatic carbocycles. The minimum Gasteiger partial charge on any atom is -0.379 e. The number of benzene rings is 3. The number of aromatic amines is 1. The second-order valence-corrected chi connectivity index (χ2v) is 14.3. The number of nitrogens with one attached hydrogen (secondary N) is 2. The minimum atomic E-state index is -1.10. The van der Waals surface area contributed by atoms with Crippen molar-refractivity contribution in [1.82, 2.24) is 20.1 Å². The zero-order valence-electron chi connectivity index (χ0n) is 24.7. The van der Waals surface area contributed by atoms with Crippen LogP contribution < -0.4 is 5.32 Å². The maximum Gasteiger partial charge on any atom is 0.239 e. The molecule has 0 saturated carbocycles. The van der Waals surface area contributed by atoms with Crippen LogP contribution in [0.4, 0.5) is 0 Å². The fourth-order valence-electron chi connectivity index (χ4n) is 6.19.